The van der Waals surface area contributed by atoms with E-state index in [-0.39, 0.29) is 17.4 Å². The van der Waals surface area contributed by atoms with Crippen molar-refractivity contribution >= 4 is 25.6 Å². The number of rotatable bonds is 3. The molecule has 1 aliphatic heterocycles. The topological polar surface area (TPSA) is 101 Å². The average molecular weight is 328 g/mol. The van der Waals surface area contributed by atoms with Crippen LogP contribution in [0.1, 0.15) is 22.1 Å². The van der Waals surface area contributed by atoms with E-state index in [2.05, 4.69) is 15.5 Å². The van der Waals surface area contributed by atoms with Crippen LogP contribution in [0, 0.1) is 0 Å². The number of ether oxygens (including phenoxy) is 1. The highest BCUT2D eigenvalue weighted by molar-refractivity contribution is 8.13. The first-order chi connectivity index (χ1) is 9.95. The van der Waals surface area contributed by atoms with Gasteiger partial charge in [-0.3, -0.25) is 9.89 Å². The summed E-state index contributed by atoms with van der Waals surface area (Å²) in [6, 6.07) is 5.37. The summed E-state index contributed by atoms with van der Waals surface area (Å²) in [5.74, 6) is 0.169. The molecule has 1 atom stereocenters. The fraction of sp³-hybridized carbons (Fsp3) is 0.167. The molecule has 1 amide bonds. The zero-order valence-electron chi connectivity index (χ0n) is 10.5. The molecule has 3 rings (SSSR count). The van der Waals surface area contributed by atoms with Crippen LogP contribution in [0.25, 0.3) is 0 Å². The number of halogens is 1. The van der Waals surface area contributed by atoms with Crippen molar-refractivity contribution in [2.24, 2.45) is 0 Å². The van der Waals surface area contributed by atoms with Gasteiger partial charge in [0.1, 0.15) is 18.1 Å². The van der Waals surface area contributed by atoms with Crippen molar-refractivity contribution in [1.82, 2.24) is 15.5 Å². The predicted octanol–water partition coefficient (Wildman–Crippen LogP) is 1.20. The van der Waals surface area contributed by atoms with E-state index in [0.717, 1.165) is 0 Å². The summed E-state index contributed by atoms with van der Waals surface area (Å²) < 4.78 is 28.2. The minimum Gasteiger partial charge on any atom is -0.491 e. The van der Waals surface area contributed by atoms with Gasteiger partial charge in [-0.15, -0.1) is 0 Å². The van der Waals surface area contributed by atoms with Crippen LogP contribution in [-0.2, 0) is 9.05 Å². The molecule has 1 aromatic heterocycles. The van der Waals surface area contributed by atoms with Crippen LogP contribution in [0.4, 0.5) is 0 Å². The maximum absolute atomic E-state index is 12.0. The van der Waals surface area contributed by atoms with Gasteiger partial charge < -0.3 is 10.1 Å². The van der Waals surface area contributed by atoms with Crippen molar-refractivity contribution in [3.63, 3.8) is 0 Å². The van der Waals surface area contributed by atoms with Gasteiger partial charge in [-0.2, -0.15) is 5.10 Å². The summed E-state index contributed by atoms with van der Waals surface area (Å²) in [7, 11) is 1.49. The maximum Gasteiger partial charge on any atom is 0.269 e. The van der Waals surface area contributed by atoms with Gasteiger partial charge in [0.15, 0.2) is 0 Å². The van der Waals surface area contributed by atoms with Crippen molar-refractivity contribution in [2.75, 3.05) is 6.61 Å². The number of carbonyl (C=O) groups excluding carboxylic acids is 1. The second-order valence-electron chi connectivity index (χ2n) is 4.44. The van der Waals surface area contributed by atoms with Gasteiger partial charge in [0, 0.05) is 22.4 Å². The molecule has 9 heteroatoms. The van der Waals surface area contributed by atoms with Gasteiger partial charge in [0.2, 0.25) is 0 Å². The summed E-state index contributed by atoms with van der Waals surface area (Å²) in [6.07, 6.45) is 1.46. The summed E-state index contributed by atoms with van der Waals surface area (Å²) in [5, 5.41) is 8.99. The third kappa shape index (κ3) is 2.72. The highest BCUT2D eigenvalue weighted by Crippen LogP contribution is 2.34. The Kier molecular flexibility index (Phi) is 3.34. The van der Waals surface area contributed by atoms with E-state index >= 15 is 0 Å². The van der Waals surface area contributed by atoms with Crippen molar-refractivity contribution in [3.05, 3.63) is 41.7 Å². The summed E-state index contributed by atoms with van der Waals surface area (Å²) >= 11 is 0. The Balaban J connectivity index is 1.87. The number of nitrogens with one attached hydrogen (secondary N) is 2. The number of aromatic nitrogens is 2. The van der Waals surface area contributed by atoms with Crippen molar-refractivity contribution in [1.29, 1.82) is 0 Å². The molecule has 0 aliphatic carbocycles. The van der Waals surface area contributed by atoms with E-state index in [0.29, 0.717) is 17.0 Å². The number of fused-ring (bicyclic) bond motifs is 1. The second-order valence-corrected chi connectivity index (χ2v) is 7.01. The van der Waals surface area contributed by atoms with Crippen LogP contribution in [-0.4, -0.2) is 31.1 Å². The molecule has 0 saturated carbocycles. The van der Waals surface area contributed by atoms with E-state index in [9.17, 15) is 13.2 Å². The van der Waals surface area contributed by atoms with E-state index in [1.54, 1.807) is 0 Å². The molecule has 0 fully saturated rings. The average Bonchev–Trinajstić information content (AvgIpc) is 3.07. The van der Waals surface area contributed by atoms with E-state index in [4.69, 9.17) is 15.4 Å². The second kappa shape index (κ2) is 5.05. The van der Waals surface area contributed by atoms with E-state index < -0.39 is 15.1 Å². The lowest BCUT2D eigenvalue weighted by Crippen LogP contribution is -2.29. The highest BCUT2D eigenvalue weighted by atomic mass is 35.7. The molecular formula is C12H10ClN3O4S. The normalized spacial score (nSPS) is 17.1. The standard InChI is InChI=1S/C12H10ClN3O4S/c13-21(18,19)7-1-2-11-8(5-7)10(6-20-11)15-12(17)9-3-4-14-16-9/h1-5,10H,6H2,(H,14,16)(H,15,17). The lowest BCUT2D eigenvalue weighted by molar-refractivity contribution is 0.0925. The molecule has 21 heavy (non-hydrogen) atoms. The first-order valence-corrected chi connectivity index (χ1v) is 8.28. The van der Waals surface area contributed by atoms with E-state index in [1.165, 1.54) is 30.5 Å². The van der Waals surface area contributed by atoms with Crippen molar-refractivity contribution < 1.29 is 17.9 Å². The number of benzene rings is 1. The van der Waals surface area contributed by atoms with Crippen molar-refractivity contribution in [3.8, 4) is 5.75 Å². The Morgan fingerprint density at radius 1 is 1.43 bits per heavy atom. The predicted molar refractivity (Wildman–Crippen MR) is 73.8 cm³/mol. The Bertz CT molecular complexity index is 789. The SMILES string of the molecule is O=C(NC1COc2ccc(S(=O)(=O)Cl)cc21)c1ccn[nH]1. The molecule has 0 spiro atoms. The molecule has 0 bridgehead atoms. The lowest BCUT2D eigenvalue weighted by Gasteiger charge is -2.11. The fourth-order valence-electron chi connectivity index (χ4n) is 2.08. The molecule has 110 valence electrons. The molecule has 1 aliphatic rings. The summed E-state index contributed by atoms with van der Waals surface area (Å²) in [5.41, 5.74) is 0.883. The van der Waals surface area contributed by atoms with Gasteiger partial charge in [-0.25, -0.2) is 8.42 Å². The first-order valence-electron chi connectivity index (χ1n) is 5.97. The molecule has 0 radical (unpaired) electrons. The minimum atomic E-state index is -3.83. The van der Waals surface area contributed by atoms with Gasteiger partial charge in [-0.1, -0.05) is 0 Å². The van der Waals surface area contributed by atoms with Gasteiger partial charge in [0.05, 0.1) is 10.9 Å². The lowest BCUT2D eigenvalue weighted by atomic mass is 10.1. The zero-order chi connectivity index (χ0) is 15.0. The minimum absolute atomic E-state index is 0.0331. The number of carbonyl (C=O) groups is 1. The molecule has 1 aromatic carbocycles. The maximum atomic E-state index is 12.0. The number of nitrogens with zero attached hydrogens (tertiary/aromatic N) is 1. The van der Waals surface area contributed by atoms with Crippen LogP contribution < -0.4 is 10.1 Å². The molecule has 7 nitrogen and oxygen atoms in total. The monoisotopic (exact) mass is 327 g/mol. The van der Waals surface area contributed by atoms with Crippen LogP contribution in [0.3, 0.4) is 0 Å². The summed E-state index contributed by atoms with van der Waals surface area (Å²) in [4.78, 5) is 11.9. The fourth-order valence-corrected chi connectivity index (χ4v) is 2.87. The summed E-state index contributed by atoms with van der Waals surface area (Å²) in [6.45, 7) is 0.223. The Morgan fingerprint density at radius 3 is 2.90 bits per heavy atom. The van der Waals surface area contributed by atoms with Crippen molar-refractivity contribution in [2.45, 2.75) is 10.9 Å². The van der Waals surface area contributed by atoms with Gasteiger partial charge >= 0.3 is 0 Å². The molecule has 2 aromatic rings. The Hall–Kier alpha value is -2.06. The van der Waals surface area contributed by atoms with Crippen LogP contribution in [0.2, 0.25) is 0 Å². The first kappa shape index (κ1) is 13.9. The number of amides is 1. The third-order valence-electron chi connectivity index (χ3n) is 3.09. The molecule has 0 saturated heterocycles. The molecule has 1 unspecified atom stereocenters. The quantitative estimate of drug-likeness (QED) is 0.825. The van der Waals surface area contributed by atoms with Gasteiger partial charge in [-0.05, 0) is 24.3 Å². The van der Waals surface area contributed by atoms with Crippen LogP contribution in [0.15, 0.2) is 35.4 Å². The number of hydrogen-bond acceptors (Lipinski definition) is 5. The number of hydrogen-bond donors (Lipinski definition) is 2. The highest BCUT2D eigenvalue weighted by Gasteiger charge is 2.28. The van der Waals surface area contributed by atoms with E-state index in [1.807, 2.05) is 0 Å². The number of aromatic amines is 1. The van der Waals surface area contributed by atoms with Crippen LogP contribution in [0.5, 0.6) is 5.75 Å². The smallest absolute Gasteiger partial charge is 0.269 e. The number of H-pyrrole nitrogens is 1. The zero-order valence-corrected chi connectivity index (χ0v) is 12.1. The molecule has 2 heterocycles. The largest absolute Gasteiger partial charge is 0.491 e. The Morgan fingerprint density at radius 2 is 2.24 bits per heavy atom. The van der Waals surface area contributed by atoms with Crippen LogP contribution >= 0.6 is 10.7 Å². The molecule has 2 N–H and O–H groups in total. The Labute approximate surface area is 124 Å². The molecular weight excluding hydrogens is 318 g/mol. The van der Waals surface area contributed by atoms with Gasteiger partial charge in [0.25, 0.3) is 15.0 Å². The third-order valence-corrected chi connectivity index (χ3v) is 4.45.